The molecular weight excluding hydrogens is 326 g/mol. The van der Waals surface area contributed by atoms with E-state index < -0.39 is 0 Å². The van der Waals surface area contributed by atoms with Crippen LogP contribution in [0.4, 0.5) is 0 Å². The van der Waals surface area contributed by atoms with Gasteiger partial charge in [-0.1, -0.05) is 51.8 Å². The Kier molecular flexibility index (Phi) is 3.36. The second-order valence-corrected chi connectivity index (χ2v) is 5.32. The van der Waals surface area contributed by atoms with Crippen LogP contribution in [0.1, 0.15) is 0 Å². The van der Waals surface area contributed by atoms with Crippen LogP contribution in [0.3, 0.4) is 0 Å². The van der Waals surface area contributed by atoms with Crippen molar-refractivity contribution in [3.05, 3.63) is 58.0 Å². The molecule has 0 radical (unpaired) electrons. The van der Waals surface area contributed by atoms with Crippen molar-refractivity contribution in [1.82, 2.24) is 15.2 Å². The lowest BCUT2D eigenvalue weighted by atomic mass is 10.2. The standard InChI is InChI=1S/C14H9BrClN3/c15-10-5-3-4-9(8-10)13-17-14(19-18-13)11-6-1-2-7-12(11)16/h1-8H,(H,17,18,19). The van der Waals surface area contributed by atoms with Gasteiger partial charge in [0, 0.05) is 15.6 Å². The summed E-state index contributed by atoms with van der Waals surface area (Å²) in [6.45, 7) is 0. The Morgan fingerprint density at radius 3 is 2.68 bits per heavy atom. The fourth-order valence-electron chi connectivity index (χ4n) is 1.79. The molecule has 2 aromatic carbocycles. The number of aromatic amines is 1. The lowest BCUT2D eigenvalue weighted by Crippen LogP contribution is -1.82. The number of nitrogens with zero attached hydrogens (tertiary/aromatic N) is 2. The van der Waals surface area contributed by atoms with E-state index in [0.717, 1.165) is 15.6 Å². The molecule has 0 aliphatic rings. The highest BCUT2D eigenvalue weighted by Gasteiger charge is 2.10. The fourth-order valence-corrected chi connectivity index (χ4v) is 2.42. The molecular formula is C14H9BrClN3. The summed E-state index contributed by atoms with van der Waals surface area (Å²) in [6, 6.07) is 15.4. The Bertz CT molecular complexity index is 724. The highest BCUT2D eigenvalue weighted by Crippen LogP contribution is 2.26. The van der Waals surface area contributed by atoms with Crippen molar-refractivity contribution >= 4 is 27.5 Å². The van der Waals surface area contributed by atoms with Crippen LogP contribution in [-0.2, 0) is 0 Å². The SMILES string of the molecule is Clc1ccccc1-c1nc(-c2cccc(Br)c2)n[nH]1. The molecule has 1 N–H and O–H groups in total. The van der Waals surface area contributed by atoms with E-state index in [-0.39, 0.29) is 0 Å². The molecule has 5 heteroatoms. The lowest BCUT2D eigenvalue weighted by molar-refractivity contribution is 1.10. The smallest absolute Gasteiger partial charge is 0.181 e. The summed E-state index contributed by atoms with van der Waals surface area (Å²) in [4.78, 5) is 4.48. The average Bonchev–Trinajstić information content (AvgIpc) is 2.89. The van der Waals surface area contributed by atoms with Crippen LogP contribution in [0, 0.1) is 0 Å². The van der Waals surface area contributed by atoms with Gasteiger partial charge in [0.15, 0.2) is 11.6 Å². The molecule has 94 valence electrons. The van der Waals surface area contributed by atoms with Crippen LogP contribution in [0.15, 0.2) is 53.0 Å². The van der Waals surface area contributed by atoms with Gasteiger partial charge in [0.1, 0.15) is 0 Å². The van der Waals surface area contributed by atoms with E-state index in [2.05, 4.69) is 31.1 Å². The van der Waals surface area contributed by atoms with E-state index in [1.54, 1.807) is 0 Å². The van der Waals surface area contributed by atoms with Crippen LogP contribution < -0.4 is 0 Å². The van der Waals surface area contributed by atoms with Crippen LogP contribution in [0.25, 0.3) is 22.8 Å². The fraction of sp³-hybridized carbons (Fsp3) is 0. The van der Waals surface area contributed by atoms with E-state index in [0.29, 0.717) is 16.7 Å². The van der Waals surface area contributed by atoms with Gasteiger partial charge in [0.25, 0.3) is 0 Å². The van der Waals surface area contributed by atoms with Crippen molar-refractivity contribution < 1.29 is 0 Å². The van der Waals surface area contributed by atoms with Crippen molar-refractivity contribution in [2.24, 2.45) is 0 Å². The Balaban J connectivity index is 2.03. The van der Waals surface area contributed by atoms with E-state index >= 15 is 0 Å². The molecule has 3 rings (SSSR count). The number of benzene rings is 2. The van der Waals surface area contributed by atoms with Gasteiger partial charge in [-0.3, -0.25) is 5.10 Å². The summed E-state index contributed by atoms with van der Waals surface area (Å²) in [5, 5.41) is 7.80. The number of hydrogen-bond donors (Lipinski definition) is 1. The van der Waals surface area contributed by atoms with Gasteiger partial charge < -0.3 is 0 Å². The van der Waals surface area contributed by atoms with Crippen LogP contribution in [-0.4, -0.2) is 15.2 Å². The van der Waals surface area contributed by atoms with E-state index in [1.165, 1.54) is 0 Å². The molecule has 0 fully saturated rings. The van der Waals surface area contributed by atoms with Crippen molar-refractivity contribution in [3.63, 3.8) is 0 Å². The van der Waals surface area contributed by atoms with Gasteiger partial charge >= 0.3 is 0 Å². The minimum Gasteiger partial charge on any atom is -0.259 e. The molecule has 0 aliphatic carbocycles. The molecule has 19 heavy (non-hydrogen) atoms. The van der Waals surface area contributed by atoms with Crippen molar-refractivity contribution in [2.45, 2.75) is 0 Å². The van der Waals surface area contributed by atoms with E-state index in [1.807, 2.05) is 48.5 Å². The van der Waals surface area contributed by atoms with Crippen LogP contribution in [0.5, 0.6) is 0 Å². The summed E-state index contributed by atoms with van der Waals surface area (Å²) >= 11 is 9.58. The predicted molar refractivity (Wildman–Crippen MR) is 80.0 cm³/mol. The first-order valence-electron chi connectivity index (χ1n) is 5.67. The predicted octanol–water partition coefficient (Wildman–Crippen LogP) is 4.55. The molecule has 1 aromatic heterocycles. The second kappa shape index (κ2) is 5.15. The number of H-pyrrole nitrogens is 1. The van der Waals surface area contributed by atoms with E-state index in [4.69, 9.17) is 11.6 Å². The van der Waals surface area contributed by atoms with Crippen LogP contribution >= 0.6 is 27.5 Å². The summed E-state index contributed by atoms with van der Waals surface area (Å²) in [6.07, 6.45) is 0. The molecule has 0 saturated heterocycles. The molecule has 0 bridgehead atoms. The molecule has 0 amide bonds. The number of nitrogens with one attached hydrogen (secondary N) is 1. The highest BCUT2D eigenvalue weighted by molar-refractivity contribution is 9.10. The van der Waals surface area contributed by atoms with Crippen LogP contribution in [0.2, 0.25) is 5.02 Å². The molecule has 3 nitrogen and oxygen atoms in total. The lowest BCUT2D eigenvalue weighted by Gasteiger charge is -1.98. The second-order valence-electron chi connectivity index (χ2n) is 4.00. The average molecular weight is 335 g/mol. The van der Waals surface area contributed by atoms with Gasteiger partial charge in [0.05, 0.1) is 5.02 Å². The zero-order valence-corrected chi connectivity index (χ0v) is 12.1. The third kappa shape index (κ3) is 2.55. The number of aromatic nitrogens is 3. The van der Waals surface area contributed by atoms with E-state index in [9.17, 15) is 0 Å². The number of rotatable bonds is 2. The van der Waals surface area contributed by atoms with Crippen molar-refractivity contribution in [2.75, 3.05) is 0 Å². The minimum atomic E-state index is 0.649. The van der Waals surface area contributed by atoms with Gasteiger partial charge in [-0.05, 0) is 24.3 Å². The first-order valence-corrected chi connectivity index (χ1v) is 6.84. The Morgan fingerprint density at radius 2 is 1.89 bits per heavy atom. The normalized spacial score (nSPS) is 10.6. The van der Waals surface area contributed by atoms with Gasteiger partial charge in [-0.15, -0.1) is 0 Å². The maximum Gasteiger partial charge on any atom is 0.181 e. The first-order chi connectivity index (χ1) is 9.24. The first kappa shape index (κ1) is 12.4. The molecule has 1 heterocycles. The third-order valence-electron chi connectivity index (χ3n) is 2.70. The molecule has 0 aliphatic heterocycles. The molecule has 0 spiro atoms. The topological polar surface area (TPSA) is 41.6 Å². The maximum atomic E-state index is 6.14. The maximum absolute atomic E-state index is 6.14. The monoisotopic (exact) mass is 333 g/mol. The summed E-state index contributed by atoms with van der Waals surface area (Å²) in [5.74, 6) is 1.32. The van der Waals surface area contributed by atoms with Gasteiger partial charge in [-0.25, -0.2) is 4.98 Å². The minimum absolute atomic E-state index is 0.649. The summed E-state index contributed by atoms with van der Waals surface area (Å²) in [5.41, 5.74) is 1.79. The highest BCUT2D eigenvalue weighted by atomic mass is 79.9. The van der Waals surface area contributed by atoms with Gasteiger partial charge in [0.2, 0.25) is 0 Å². The molecule has 0 unspecified atom stereocenters. The largest absolute Gasteiger partial charge is 0.259 e. The Morgan fingerprint density at radius 1 is 1.05 bits per heavy atom. The zero-order chi connectivity index (χ0) is 13.2. The molecule has 0 saturated carbocycles. The Hall–Kier alpha value is -1.65. The zero-order valence-electron chi connectivity index (χ0n) is 9.77. The summed E-state index contributed by atoms with van der Waals surface area (Å²) < 4.78 is 0.995. The van der Waals surface area contributed by atoms with Crippen molar-refractivity contribution in [3.8, 4) is 22.8 Å². The molecule has 0 atom stereocenters. The van der Waals surface area contributed by atoms with Crippen molar-refractivity contribution in [1.29, 1.82) is 0 Å². The summed E-state index contributed by atoms with van der Waals surface area (Å²) in [7, 11) is 0. The molecule has 3 aromatic rings. The number of halogens is 2. The van der Waals surface area contributed by atoms with Gasteiger partial charge in [-0.2, -0.15) is 5.10 Å². The number of hydrogen-bond acceptors (Lipinski definition) is 2. The quantitative estimate of drug-likeness (QED) is 0.746. The third-order valence-corrected chi connectivity index (χ3v) is 3.52. The Labute approximate surface area is 123 Å².